The van der Waals surface area contributed by atoms with Crippen LogP contribution in [0.15, 0.2) is 27.6 Å². The van der Waals surface area contributed by atoms with Crippen molar-refractivity contribution in [1.29, 1.82) is 0 Å². The lowest BCUT2D eigenvalue weighted by Crippen LogP contribution is -2.34. The van der Waals surface area contributed by atoms with E-state index in [4.69, 9.17) is 9.26 Å². The molecule has 1 aromatic heterocycles. The highest BCUT2D eigenvalue weighted by atomic mass is 32.2. The molecule has 0 spiro atoms. The predicted molar refractivity (Wildman–Crippen MR) is 113 cm³/mol. The molecule has 0 N–H and O–H groups in total. The molecule has 4 rings (SSSR count). The first-order valence-corrected chi connectivity index (χ1v) is 12.3. The number of piperidine rings is 1. The van der Waals surface area contributed by atoms with Crippen molar-refractivity contribution in [3.05, 3.63) is 35.4 Å². The minimum Gasteiger partial charge on any atom is -0.376 e. The van der Waals surface area contributed by atoms with E-state index in [0.29, 0.717) is 18.5 Å². The molecule has 30 heavy (non-hydrogen) atoms. The molecule has 3 unspecified atom stereocenters. The second-order valence-electron chi connectivity index (χ2n) is 8.81. The van der Waals surface area contributed by atoms with Crippen molar-refractivity contribution in [2.75, 3.05) is 30.9 Å². The zero-order chi connectivity index (χ0) is 21.3. The smallest absolute Gasteiger partial charge is 0.324 e. The van der Waals surface area contributed by atoms with Crippen LogP contribution in [0.3, 0.4) is 0 Å². The van der Waals surface area contributed by atoms with E-state index >= 15 is 0 Å². The fraction of sp³-hybridized carbons (Fsp3) is 0.636. The predicted octanol–water partition coefficient (Wildman–Crippen LogP) is 4.14. The second-order valence-corrected chi connectivity index (χ2v) is 10.2. The molecule has 2 aliphatic rings. The largest absolute Gasteiger partial charge is 0.376 e. The van der Waals surface area contributed by atoms with Gasteiger partial charge in [0.05, 0.1) is 28.9 Å². The third-order valence-corrected chi connectivity index (χ3v) is 7.20. The number of anilines is 1. The molecular formula is C22H30FN3O3S. The Hall–Kier alpha value is -1.80. The van der Waals surface area contributed by atoms with E-state index in [-0.39, 0.29) is 10.8 Å². The molecule has 8 heteroatoms. The van der Waals surface area contributed by atoms with Gasteiger partial charge in [-0.25, -0.2) is 4.39 Å². The molecule has 1 aromatic carbocycles. The van der Waals surface area contributed by atoms with Crippen molar-refractivity contribution >= 4 is 16.8 Å². The van der Waals surface area contributed by atoms with Gasteiger partial charge in [0.15, 0.2) is 5.82 Å². The van der Waals surface area contributed by atoms with Gasteiger partial charge in [-0.1, -0.05) is 25.1 Å². The summed E-state index contributed by atoms with van der Waals surface area (Å²) in [6.45, 7) is 7.15. The molecule has 164 valence electrons. The topological polar surface area (TPSA) is 68.5 Å². The van der Waals surface area contributed by atoms with Crippen LogP contribution in [0.25, 0.3) is 0 Å². The number of halogens is 1. The van der Waals surface area contributed by atoms with Crippen LogP contribution in [0.1, 0.15) is 50.4 Å². The van der Waals surface area contributed by atoms with Crippen LogP contribution in [-0.4, -0.2) is 40.3 Å². The Morgan fingerprint density at radius 2 is 2.10 bits per heavy atom. The highest BCUT2D eigenvalue weighted by Crippen LogP contribution is 2.48. The Balaban J connectivity index is 1.19. The van der Waals surface area contributed by atoms with Crippen LogP contribution in [0.5, 0.6) is 0 Å². The summed E-state index contributed by atoms with van der Waals surface area (Å²) < 4.78 is 36.6. The van der Waals surface area contributed by atoms with Crippen molar-refractivity contribution in [3.8, 4) is 0 Å². The number of hydrogen-bond donors (Lipinski definition) is 0. The van der Waals surface area contributed by atoms with E-state index in [0.717, 1.165) is 55.8 Å². The molecule has 0 bridgehead atoms. The van der Waals surface area contributed by atoms with E-state index in [9.17, 15) is 8.60 Å². The van der Waals surface area contributed by atoms with Crippen LogP contribution >= 0.6 is 0 Å². The summed E-state index contributed by atoms with van der Waals surface area (Å²) in [4.78, 5) is 6.95. The highest BCUT2D eigenvalue weighted by Gasteiger charge is 2.43. The van der Waals surface area contributed by atoms with Crippen molar-refractivity contribution in [2.45, 2.75) is 50.5 Å². The summed E-state index contributed by atoms with van der Waals surface area (Å²) in [5, 5.41) is 4.06. The van der Waals surface area contributed by atoms with Gasteiger partial charge in [0.2, 0.25) is 0 Å². The molecule has 0 amide bonds. The number of ether oxygens (including phenoxy) is 1. The lowest BCUT2D eigenvalue weighted by atomic mass is 9.91. The SMILES string of the molecule is CC(C)c1noc(N2CCC(C3CC3COCc3ccc(S(C)=O)c(F)c3)CC2)n1. The summed E-state index contributed by atoms with van der Waals surface area (Å²) in [6, 6.07) is 5.46. The Labute approximate surface area is 179 Å². The van der Waals surface area contributed by atoms with Crippen LogP contribution in [0.4, 0.5) is 10.4 Å². The van der Waals surface area contributed by atoms with E-state index in [1.807, 2.05) is 0 Å². The number of hydrogen-bond acceptors (Lipinski definition) is 6. The summed E-state index contributed by atoms with van der Waals surface area (Å²) in [7, 11) is -1.31. The number of benzene rings is 1. The minimum absolute atomic E-state index is 0.244. The fourth-order valence-corrected chi connectivity index (χ4v) is 4.94. The molecule has 1 saturated carbocycles. The maximum Gasteiger partial charge on any atom is 0.324 e. The lowest BCUT2D eigenvalue weighted by Gasteiger charge is -2.30. The zero-order valence-electron chi connectivity index (χ0n) is 17.8. The van der Waals surface area contributed by atoms with E-state index in [2.05, 4.69) is 28.9 Å². The average molecular weight is 436 g/mol. The van der Waals surface area contributed by atoms with E-state index in [1.165, 1.54) is 18.7 Å². The molecule has 1 aliphatic carbocycles. The van der Waals surface area contributed by atoms with Gasteiger partial charge in [-0.3, -0.25) is 4.21 Å². The van der Waals surface area contributed by atoms with Crippen LogP contribution in [0.2, 0.25) is 0 Å². The summed E-state index contributed by atoms with van der Waals surface area (Å²) in [6.07, 6.45) is 4.98. The molecule has 3 atom stereocenters. The Morgan fingerprint density at radius 3 is 2.73 bits per heavy atom. The Kier molecular flexibility index (Phi) is 6.53. The third kappa shape index (κ3) is 4.91. The molecule has 2 fully saturated rings. The van der Waals surface area contributed by atoms with E-state index < -0.39 is 16.6 Å². The lowest BCUT2D eigenvalue weighted by molar-refractivity contribution is 0.104. The number of nitrogens with zero attached hydrogens (tertiary/aromatic N) is 3. The maximum absolute atomic E-state index is 13.9. The van der Waals surface area contributed by atoms with Gasteiger partial charge in [0, 0.05) is 25.3 Å². The molecule has 1 saturated heterocycles. The van der Waals surface area contributed by atoms with Gasteiger partial charge in [-0.05, 0) is 54.7 Å². The minimum atomic E-state index is -1.31. The molecule has 6 nitrogen and oxygen atoms in total. The summed E-state index contributed by atoms with van der Waals surface area (Å²) in [5.74, 6) is 2.67. The maximum atomic E-state index is 13.9. The number of aromatic nitrogens is 2. The Bertz CT molecular complexity index is 896. The fourth-order valence-electron chi connectivity index (χ4n) is 4.34. The molecule has 2 aromatic rings. The quantitative estimate of drug-likeness (QED) is 0.621. The van der Waals surface area contributed by atoms with Gasteiger partial charge in [-0.15, -0.1) is 0 Å². The summed E-state index contributed by atoms with van der Waals surface area (Å²) >= 11 is 0. The molecule has 1 aliphatic heterocycles. The molecule has 2 heterocycles. The highest BCUT2D eigenvalue weighted by molar-refractivity contribution is 7.84. The first-order chi connectivity index (χ1) is 14.4. The summed E-state index contributed by atoms with van der Waals surface area (Å²) in [5.41, 5.74) is 0.785. The Morgan fingerprint density at radius 1 is 1.33 bits per heavy atom. The van der Waals surface area contributed by atoms with Gasteiger partial charge in [0.1, 0.15) is 5.82 Å². The van der Waals surface area contributed by atoms with Crippen LogP contribution < -0.4 is 4.90 Å². The van der Waals surface area contributed by atoms with Gasteiger partial charge < -0.3 is 14.2 Å². The molecule has 0 radical (unpaired) electrons. The van der Waals surface area contributed by atoms with Crippen molar-refractivity contribution in [1.82, 2.24) is 10.1 Å². The zero-order valence-corrected chi connectivity index (χ0v) is 18.7. The van der Waals surface area contributed by atoms with Crippen molar-refractivity contribution in [2.24, 2.45) is 17.8 Å². The van der Waals surface area contributed by atoms with Crippen LogP contribution in [0, 0.1) is 23.6 Å². The van der Waals surface area contributed by atoms with E-state index in [1.54, 1.807) is 12.1 Å². The van der Waals surface area contributed by atoms with Gasteiger partial charge in [0.25, 0.3) is 0 Å². The number of rotatable bonds is 8. The average Bonchev–Trinajstić information content (AvgIpc) is 3.30. The van der Waals surface area contributed by atoms with Crippen molar-refractivity contribution < 1.29 is 17.9 Å². The first kappa shape index (κ1) is 21.4. The normalized spacial score (nSPS) is 23.2. The standard InChI is InChI=1S/C22H30FN3O3S/c1-14(2)21-24-22(29-25-21)26-8-6-16(7-9-26)18-11-17(18)13-28-12-15-4-5-20(30(3)27)19(23)10-15/h4-5,10,14,16-18H,6-9,11-13H2,1-3H3. The first-order valence-electron chi connectivity index (χ1n) is 10.7. The van der Waals surface area contributed by atoms with Crippen LogP contribution in [-0.2, 0) is 22.1 Å². The molecular weight excluding hydrogens is 405 g/mol. The van der Waals surface area contributed by atoms with Gasteiger partial charge in [-0.2, -0.15) is 4.98 Å². The van der Waals surface area contributed by atoms with Crippen molar-refractivity contribution in [3.63, 3.8) is 0 Å². The third-order valence-electron chi connectivity index (χ3n) is 6.25. The monoisotopic (exact) mass is 435 g/mol. The second kappa shape index (κ2) is 9.14. The van der Waals surface area contributed by atoms with Gasteiger partial charge >= 0.3 is 6.01 Å².